The van der Waals surface area contributed by atoms with E-state index in [2.05, 4.69) is 42.9 Å². The van der Waals surface area contributed by atoms with Crippen LogP contribution in [-0.4, -0.2) is 56.5 Å². The van der Waals surface area contributed by atoms with Crippen molar-refractivity contribution in [2.24, 2.45) is 4.99 Å². The molecule has 1 aromatic carbocycles. The van der Waals surface area contributed by atoms with Crippen molar-refractivity contribution >= 4 is 45.5 Å². The van der Waals surface area contributed by atoms with Crippen molar-refractivity contribution in [3.63, 3.8) is 0 Å². The first-order chi connectivity index (χ1) is 13.6. The van der Waals surface area contributed by atoms with Gasteiger partial charge in [0, 0.05) is 46.2 Å². The number of halogens is 1. The molecular weight excluding hydrogens is 394 g/mol. The van der Waals surface area contributed by atoms with Gasteiger partial charge in [0.1, 0.15) is 0 Å². The van der Waals surface area contributed by atoms with Crippen LogP contribution in [0.5, 0.6) is 0 Å². The van der Waals surface area contributed by atoms with Gasteiger partial charge in [0.15, 0.2) is 5.96 Å². The van der Waals surface area contributed by atoms with E-state index in [1.807, 2.05) is 25.1 Å². The zero-order valence-corrected chi connectivity index (χ0v) is 17.8. The molecule has 2 N–H and O–H groups in total. The number of nitrogens with one attached hydrogen (secondary N) is 2. The highest BCUT2D eigenvalue weighted by atomic mass is 35.5. The summed E-state index contributed by atoms with van der Waals surface area (Å²) in [6.07, 6.45) is 0.346. The van der Waals surface area contributed by atoms with E-state index in [0.29, 0.717) is 23.7 Å². The number of carbonyl (C=O) groups excluding carboxylic acids is 1. The first-order valence-electron chi connectivity index (χ1n) is 9.37. The molecule has 150 valence electrons. The maximum atomic E-state index is 12.2. The average molecular weight is 420 g/mol. The fraction of sp³-hybridized carbons (Fsp3) is 0.400. The van der Waals surface area contributed by atoms with Crippen molar-refractivity contribution < 1.29 is 4.79 Å². The standard InChI is InChI=1S/C20H26ClN5OS/c1-15-5-6-17(16(21)14-15)24-18(27)7-8-23-20(22-2)26-11-9-25(10-12-26)19-4-3-13-28-19/h3-6,13-14H,7-12H2,1-2H3,(H,22,23)(H,24,27). The smallest absolute Gasteiger partial charge is 0.226 e. The van der Waals surface area contributed by atoms with Crippen molar-refractivity contribution in [1.29, 1.82) is 0 Å². The highest BCUT2D eigenvalue weighted by Gasteiger charge is 2.20. The third-order valence-electron chi connectivity index (χ3n) is 4.64. The SMILES string of the molecule is CN=C(NCCC(=O)Nc1ccc(C)cc1Cl)N1CCN(c2cccs2)CC1. The number of rotatable bonds is 5. The number of aryl methyl sites for hydroxylation is 1. The Morgan fingerprint density at radius 1 is 1.25 bits per heavy atom. The van der Waals surface area contributed by atoms with Crippen LogP contribution in [0.15, 0.2) is 40.7 Å². The Bertz CT molecular complexity index is 816. The number of guanidine groups is 1. The molecule has 1 aromatic heterocycles. The summed E-state index contributed by atoms with van der Waals surface area (Å²) in [7, 11) is 1.78. The fourth-order valence-electron chi connectivity index (χ4n) is 3.14. The summed E-state index contributed by atoms with van der Waals surface area (Å²) in [5, 5.41) is 10.1. The van der Waals surface area contributed by atoms with Gasteiger partial charge in [-0.25, -0.2) is 0 Å². The number of aliphatic imine (C=N–C) groups is 1. The van der Waals surface area contributed by atoms with Crippen LogP contribution in [0.25, 0.3) is 0 Å². The van der Waals surface area contributed by atoms with Crippen LogP contribution < -0.4 is 15.5 Å². The van der Waals surface area contributed by atoms with Crippen LogP contribution in [-0.2, 0) is 4.79 Å². The van der Waals surface area contributed by atoms with Gasteiger partial charge in [0.2, 0.25) is 5.91 Å². The number of nitrogens with zero attached hydrogens (tertiary/aromatic N) is 3. The predicted molar refractivity (Wildman–Crippen MR) is 119 cm³/mol. The number of amides is 1. The van der Waals surface area contributed by atoms with Crippen LogP contribution in [0.1, 0.15) is 12.0 Å². The quantitative estimate of drug-likeness (QED) is 0.575. The highest BCUT2D eigenvalue weighted by Crippen LogP contribution is 2.23. The molecule has 1 fully saturated rings. The van der Waals surface area contributed by atoms with Gasteiger partial charge in [-0.2, -0.15) is 0 Å². The molecule has 0 aliphatic carbocycles. The van der Waals surface area contributed by atoms with E-state index in [-0.39, 0.29) is 5.91 Å². The maximum absolute atomic E-state index is 12.2. The van der Waals surface area contributed by atoms with Gasteiger partial charge in [0.05, 0.1) is 15.7 Å². The second-order valence-electron chi connectivity index (χ2n) is 6.68. The Kier molecular flexibility index (Phi) is 7.17. The molecule has 0 bridgehead atoms. The number of thiophene rings is 1. The molecule has 6 nitrogen and oxygen atoms in total. The summed E-state index contributed by atoms with van der Waals surface area (Å²) in [5.74, 6) is 0.767. The first-order valence-corrected chi connectivity index (χ1v) is 10.6. The van der Waals surface area contributed by atoms with E-state index in [4.69, 9.17) is 11.6 Å². The van der Waals surface area contributed by atoms with Crippen LogP contribution in [0, 0.1) is 6.92 Å². The second-order valence-corrected chi connectivity index (χ2v) is 8.01. The zero-order chi connectivity index (χ0) is 19.9. The van der Waals surface area contributed by atoms with Crippen molar-refractivity contribution in [2.75, 3.05) is 50.0 Å². The van der Waals surface area contributed by atoms with Crippen LogP contribution >= 0.6 is 22.9 Å². The number of hydrogen-bond donors (Lipinski definition) is 2. The molecule has 1 amide bonds. The van der Waals surface area contributed by atoms with E-state index in [1.165, 1.54) is 5.00 Å². The lowest BCUT2D eigenvalue weighted by molar-refractivity contribution is -0.116. The van der Waals surface area contributed by atoms with Gasteiger partial charge in [-0.3, -0.25) is 9.79 Å². The van der Waals surface area contributed by atoms with E-state index < -0.39 is 0 Å². The number of carbonyl (C=O) groups is 1. The van der Waals surface area contributed by atoms with Crippen LogP contribution in [0.2, 0.25) is 5.02 Å². The number of anilines is 2. The number of benzene rings is 1. The monoisotopic (exact) mass is 419 g/mol. The second kappa shape index (κ2) is 9.80. The first kappa shape index (κ1) is 20.5. The third-order valence-corrected chi connectivity index (χ3v) is 5.88. The molecule has 2 aromatic rings. The molecule has 0 atom stereocenters. The molecule has 1 aliphatic heterocycles. The van der Waals surface area contributed by atoms with Gasteiger partial charge >= 0.3 is 0 Å². The Labute approximate surface area is 175 Å². The molecule has 0 saturated carbocycles. The average Bonchev–Trinajstić information content (AvgIpc) is 3.22. The fourth-order valence-corrected chi connectivity index (χ4v) is 4.21. The van der Waals surface area contributed by atoms with Crippen LogP contribution in [0.3, 0.4) is 0 Å². The number of piperazine rings is 1. The minimum Gasteiger partial charge on any atom is -0.360 e. The molecule has 1 aliphatic rings. The van der Waals surface area contributed by atoms with Crippen molar-refractivity contribution in [3.8, 4) is 0 Å². The van der Waals surface area contributed by atoms with Gasteiger partial charge in [0.25, 0.3) is 0 Å². The molecule has 3 rings (SSSR count). The molecule has 0 spiro atoms. The minimum absolute atomic E-state index is 0.0729. The Hall–Kier alpha value is -2.25. The predicted octanol–water partition coefficient (Wildman–Crippen LogP) is 3.44. The molecule has 8 heteroatoms. The van der Waals surface area contributed by atoms with E-state index in [1.54, 1.807) is 18.4 Å². The topological polar surface area (TPSA) is 60.0 Å². The van der Waals surface area contributed by atoms with Gasteiger partial charge in [-0.15, -0.1) is 11.3 Å². The molecule has 28 heavy (non-hydrogen) atoms. The lowest BCUT2D eigenvalue weighted by atomic mass is 10.2. The lowest BCUT2D eigenvalue weighted by Gasteiger charge is -2.37. The molecule has 1 saturated heterocycles. The van der Waals surface area contributed by atoms with E-state index >= 15 is 0 Å². The Morgan fingerprint density at radius 3 is 2.68 bits per heavy atom. The van der Waals surface area contributed by atoms with Gasteiger partial charge in [-0.1, -0.05) is 17.7 Å². The maximum Gasteiger partial charge on any atom is 0.226 e. The molecule has 0 unspecified atom stereocenters. The lowest BCUT2D eigenvalue weighted by Crippen LogP contribution is -2.52. The Balaban J connectivity index is 1.42. The molecular formula is C20H26ClN5OS. The summed E-state index contributed by atoms with van der Waals surface area (Å²) < 4.78 is 0. The minimum atomic E-state index is -0.0729. The summed E-state index contributed by atoms with van der Waals surface area (Å²) in [6.45, 7) is 6.23. The van der Waals surface area contributed by atoms with Crippen molar-refractivity contribution in [1.82, 2.24) is 10.2 Å². The molecule has 0 radical (unpaired) electrons. The summed E-state index contributed by atoms with van der Waals surface area (Å²) in [4.78, 5) is 21.2. The van der Waals surface area contributed by atoms with Gasteiger partial charge < -0.3 is 20.4 Å². The summed E-state index contributed by atoms with van der Waals surface area (Å²) in [6, 6.07) is 9.84. The van der Waals surface area contributed by atoms with Crippen LogP contribution in [0.4, 0.5) is 10.7 Å². The van der Waals surface area contributed by atoms with Crippen molar-refractivity contribution in [3.05, 3.63) is 46.3 Å². The van der Waals surface area contributed by atoms with Gasteiger partial charge in [-0.05, 0) is 42.1 Å². The van der Waals surface area contributed by atoms with E-state index in [0.717, 1.165) is 37.7 Å². The zero-order valence-electron chi connectivity index (χ0n) is 16.2. The normalized spacial score (nSPS) is 14.9. The summed E-state index contributed by atoms with van der Waals surface area (Å²) >= 11 is 7.94. The summed E-state index contributed by atoms with van der Waals surface area (Å²) in [5.41, 5.74) is 1.71. The Morgan fingerprint density at radius 2 is 2.04 bits per heavy atom. The van der Waals surface area contributed by atoms with Crippen molar-refractivity contribution in [2.45, 2.75) is 13.3 Å². The molecule has 2 heterocycles. The highest BCUT2D eigenvalue weighted by molar-refractivity contribution is 7.14. The largest absolute Gasteiger partial charge is 0.360 e. The third kappa shape index (κ3) is 5.39. The van der Waals surface area contributed by atoms with E-state index in [9.17, 15) is 4.79 Å². The number of hydrogen-bond acceptors (Lipinski definition) is 4.